The van der Waals surface area contributed by atoms with Gasteiger partial charge in [0, 0.05) is 11.1 Å². The number of hydrogen-bond donors (Lipinski definition) is 0. The van der Waals surface area contributed by atoms with Crippen LogP contribution in [0, 0.1) is 5.41 Å². The van der Waals surface area contributed by atoms with Gasteiger partial charge in [-0.05, 0) is 29.7 Å². The van der Waals surface area contributed by atoms with Gasteiger partial charge in [0.15, 0.2) is 0 Å². The zero-order valence-corrected chi connectivity index (χ0v) is 12.8. The van der Waals surface area contributed by atoms with Gasteiger partial charge in [-0.3, -0.25) is 0 Å². The van der Waals surface area contributed by atoms with Crippen LogP contribution >= 0.6 is 39.0 Å². The van der Waals surface area contributed by atoms with Gasteiger partial charge in [0.2, 0.25) is 0 Å². The molecule has 0 bridgehead atoms. The minimum Gasteiger partial charge on any atom is -0.137 e. The molecule has 0 spiro atoms. The summed E-state index contributed by atoms with van der Waals surface area (Å²) in [5.74, 6) is 1.29. The lowest BCUT2D eigenvalue weighted by Crippen LogP contribution is -2.24. The molecule has 0 N–H and O–H groups in total. The van der Waals surface area contributed by atoms with E-state index in [1.165, 1.54) is 53.8 Å². The van der Waals surface area contributed by atoms with Gasteiger partial charge in [0.05, 0.1) is 4.21 Å². The van der Waals surface area contributed by atoms with Gasteiger partial charge < -0.3 is 0 Å². The van der Waals surface area contributed by atoms with Crippen LogP contribution in [0.2, 0.25) is 0 Å². The van der Waals surface area contributed by atoms with Crippen LogP contribution in [0.15, 0.2) is 21.7 Å². The number of thioether (sulfide) groups is 1. The molecule has 0 saturated heterocycles. The lowest BCUT2D eigenvalue weighted by Gasteiger charge is -2.30. The van der Waals surface area contributed by atoms with E-state index in [1.807, 2.05) is 11.3 Å². The molecule has 90 valence electrons. The topological polar surface area (TPSA) is 0 Å². The Morgan fingerprint density at radius 1 is 1.25 bits per heavy atom. The van der Waals surface area contributed by atoms with Crippen LogP contribution < -0.4 is 0 Å². The average molecular weight is 319 g/mol. The minimum absolute atomic E-state index is 0.561. The first-order valence-corrected chi connectivity index (χ1v) is 9.06. The molecule has 1 fully saturated rings. The summed E-state index contributed by atoms with van der Waals surface area (Å²) >= 11 is 7.69. The lowest BCUT2D eigenvalue weighted by molar-refractivity contribution is 0.334. The Labute approximate surface area is 115 Å². The van der Waals surface area contributed by atoms with Crippen LogP contribution in [-0.4, -0.2) is 11.1 Å². The number of halogens is 1. The Balaban J connectivity index is 1.92. The van der Waals surface area contributed by atoms with Gasteiger partial charge in [-0.25, -0.2) is 0 Å². The zero-order chi connectivity index (χ0) is 11.3. The molecular formula is C13H19BrS2. The van der Waals surface area contributed by atoms with Crippen LogP contribution in [0.25, 0.3) is 0 Å². The Hall–Kier alpha value is 0.530. The van der Waals surface area contributed by atoms with Crippen molar-refractivity contribution in [1.82, 2.24) is 0 Å². The van der Waals surface area contributed by atoms with E-state index < -0.39 is 0 Å². The maximum absolute atomic E-state index is 3.76. The smallest absolute Gasteiger partial charge is 0.0598 e. The van der Waals surface area contributed by atoms with E-state index in [2.05, 4.69) is 45.2 Å². The van der Waals surface area contributed by atoms with Gasteiger partial charge >= 0.3 is 0 Å². The molecular weight excluding hydrogens is 300 g/mol. The fourth-order valence-corrected chi connectivity index (χ4v) is 5.46. The summed E-state index contributed by atoms with van der Waals surface area (Å²) in [6, 6.07) is 4.40. The third-order valence-corrected chi connectivity index (χ3v) is 7.13. The normalized spacial score (nSPS) is 20.6. The van der Waals surface area contributed by atoms with Gasteiger partial charge in [-0.15, -0.1) is 23.1 Å². The molecule has 2 rings (SSSR count). The SMILES string of the molecule is BrCC1(CSc2cccs2)CCCCCC1. The molecule has 1 aliphatic rings. The molecule has 1 aliphatic carbocycles. The fourth-order valence-electron chi connectivity index (χ4n) is 2.36. The summed E-state index contributed by atoms with van der Waals surface area (Å²) in [6.07, 6.45) is 8.57. The first-order chi connectivity index (χ1) is 7.85. The number of hydrogen-bond acceptors (Lipinski definition) is 2. The second kappa shape index (κ2) is 6.46. The molecule has 0 amide bonds. The van der Waals surface area contributed by atoms with E-state index in [0.29, 0.717) is 5.41 Å². The molecule has 0 aliphatic heterocycles. The molecule has 0 radical (unpaired) electrons. The molecule has 1 aromatic rings. The summed E-state index contributed by atoms with van der Waals surface area (Å²) in [5, 5.41) is 3.36. The summed E-state index contributed by atoms with van der Waals surface area (Å²) in [7, 11) is 0. The van der Waals surface area contributed by atoms with E-state index in [4.69, 9.17) is 0 Å². The monoisotopic (exact) mass is 318 g/mol. The highest BCUT2D eigenvalue weighted by Crippen LogP contribution is 2.41. The summed E-state index contributed by atoms with van der Waals surface area (Å²) in [5.41, 5.74) is 0.561. The molecule has 16 heavy (non-hydrogen) atoms. The third-order valence-electron chi connectivity index (χ3n) is 3.46. The van der Waals surface area contributed by atoms with Crippen LogP contribution in [0.1, 0.15) is 38.5 Å². The largest absolute Gasteiger partial charge is 0.137 e. The molecule has 0 aromatic carbocycles. The van der Waals surface area contributed by atoms with E-state index >= 15 is 0 Å². The zero-order valence-electron chi connectivity index (χ0n) is 9.58. The van der Waals surface area contributed by atoms with Crippen molar-refractivity contribution >= 4 is 39.0 Å². The van der Waals surface area contributed by atoms with Gasteiger partial charge in [-0.1, -0.05) is 47.7 Å². The molecule has 0 atom stereocenters. The Morgan fingerprint density at radius 2 is 2.00 bits per heavy atom. The average Bonchev–Trinajstić information content (AvgIpc) is 2.72. The van der Waals surface area contributed by atoms with Crippen molar-refractivity contribution in [2.45, 2.75) is 42.7 Å². The van der Waals surface area contributed by atoms with Crippen molar-refractivity contribution in [2.24, 2.45) is 5.41 Å². The second-order valence-electron chi connectivity index (χ2n) is 4.77. The van der Waals surface area contributed by atoms with E-state index in [1.54, 1.807) is 0 Å². The standard InChI is InChI=1S/C13H19BrS2/c14-10-13(7-3-1-2-4-8-13)11-16-12-6-5-9-15-12/h5-6,9H,1-4,7-8,10-11H2. The maximum Gasteiger partial charge on any atom is 0.0598 e. The number of rotatable bonds is 4. The fraction of sp³-hybridized carbons (Fsp3) is 0.692. The van der Waals surface area contributed by atoms with Gasteiger partial charge in [-0.2, -0.15) is 0 Å². The van der Waals surface area contributed by atoms with Crippen LogP contribution in [0.3, 0.4) is 0 Å². The van der Waals surface area contributed by atoms with Crippen molar-refractivity contribution < 1.29 is 0 Å². The molecule has 1 aromatic heterocycles. The number of thiophene rings is 1. The van der Waals surface area contributed by atoms with Crippen molar-refractivity contribution in [3.8, 4) is 0 Å². The first-order valence-electron chi connectivity index (χ1n) is 6.07. The van der Waals surface area contributed by atoms with Gasteiger partial charge in [0.25, 0.3) is 0 Å². The van der Waals surface area contributed by atoms with Crippen LogP contribution in [0.5, 0.6) is 0 Å². The summed E-state index contributed by atoms with van der Waals surface area (Å²) < 4.78 is 1.48. The van der Waals surface area contributed by atoms with Crippen LogP contribution in [-0.2, 0) is 0 Å². The molecule has 1 heterocycles. The molecule has 0 nitrogen and oxygen atoms in total. The highest BCUT2D eigenvalue weighted by Gasteiger charge is 2.29. The van der Waals surface area contributed by atoms with Crippen molar-refractivity contribution in [2.75, 3.05) is 11.1 Å². The predicted molar refractivity (Wildman–Crippen MR) is 79.0 cm³/mol. The van der Waals surface area contributed by atoms with Crippen LogP contribution in [0.4, 0.5) is 0 Å². The minimum atomic E-state index is 0.561. The molecule has 1 saturated carbocycles. The molecule has 0 unspecified atom stereocenters. The van der Waals surface area contributed by atoms with Crippen molar-refractivity contribution in [3.63, 3.8) is 0 Å². The Morgan fingerprint density at radius 3 is 2.56 bits per heavy atom. The van der Waals surface area contributed by atoms with E-state index in [0.717, 1.165) is 0 Å². The Kier molecular flexibility index (Phi) is 5.24. The van der Waals surface area contributed by atoms with E-state index in [-0.39, 0.29) is 0 Å². The maximum atomic E-state index is 3.76. The number of alkyl halides is 1. The van der Waals surface area contributed by atoms with Crippen molar-refractivity contribution in [1.29, 1.82) is 0 Å². The van der Waals surface area contributed by atoms with E-state index in [9.17, 15) is 0 Å². The quantitative estimate of drug-likeness (QED) is 0.397. The summed E-state index contributed by atoms with van der Waals surface area (Å²) in [6.45, 7) is 0. The predicted octanol–water partition coefficient (Wildman–Crippen LogP) is 5.58. The second-order valence-corrected chi connectivity index (χ2v) is 7.55. The lowest BCUT2D eigenvalue weighted by atomic mass is 9.85. The highest BCUT2D eigenvalue weighted by molar-refractivity contribution is 9.09. The highest BCUT2D eigenvalue weighted by atomic mass is 79.9. The Bertz CT molecular complexity index is 287. The summed E-state index contributed by atoms with van der Waals surface area (Å²) in [4.78, 5) is 0. The van der Waals surface area contributed by atoms with Gasteiger partial charge in [0.1, 0.15) is 0 Å². The van der Waals surface area contributed by atoms with Crippen molar-refractivity contribution in [3.05, 3.63) is 17.5 Å². The molecule has 3 heteroatoms. The third kappa shape index (κ3) is 3.51. The first kappa shape index (κ1) is 13.0.